The summed E-state index contributed by atoms with van der Waals surface area (Å²) in [6.45, 7) is 3.39. The quantitative estimate of drug-likeness (QED) is 0.154. The van der Waals surface area contributed by atoms with Crippen molar-refractivity contribution < 1.29 is 24.2 Å². The van der Waals surface area contributed by atoms with Crippen molar-refractivity contribution in [2.24, 2.45) is 23.2 Å². The molecule has 5 nitrogen and oxygen atoms in total. The zero-order valence-corrected chi connectivity index (χ0v) is 28.9. The van der Waals surface area contributed by atoms with Crippen LogP contribution in [0.25, 0.3) is 0 Å². The minimum Gasteiger partial charge on any atom is -0.545 e. The Bertz CT molecular complexity index is 768. The van der Waals surface area contributed by atoms with E-state index in [1.807, 2.05) is 0 Å². The topological polar surface area (TPSA) is 75.7 Å². The molecule has 5 heteroatoms. The van der Waals surface area contributed by atoms with E-state index < -0.39 is 23.6 Å². The molecule has 0 saturated heterocycles. The molecule has 0 aliphatic heterocycles. The number of hydrogen-bond acceptors (Lipinski definition) is 5. The van der Waals surface area contributed by atoms with Gasteiger partial charge in [-0.25, -0.2) is 4.79 Å². The van der Waals surface area contributed by atoms with Gasteiger partial charge in [0, 0.05) is 18.1 Å². The molecule has 0 spiro atoms. The van der Waals surface area contributed by atoms with Gasteiger partial charge in [-0.1, -0.05) is 135 Å². The highest BCUT2D eigenvalue weighted by Crippen LogP contribution is 2.59. The zero-order valence-electron chi connectivity index (χ0n) is 28.9. The van der Waals surface area contributed by atoms with Crippen LogP contribution < -0.4 is 5.11 Å². The third-order valence-electron chi connectivity index (χ3n) is 11.8. The molecule has 254 valence electrons. The van der Waals surface area contributed by atoms with Crippen molar-refractivity contribution in [1.82, 2.24) is 0 Å². The molecular formula is C39H67O5-. The molecule has 0 aromatic carbocycles. The second-order valence-corrected chi connectivity index (χ2v) is 14.7. The van der Waals surface area contributed by atoms with E-state index in [1.165, 1.54) is 96.3 Å². The van der Waals surface area contributed by atoms with Crippen LogP contribution in [0.15, 0.2) is 11.1 Å². The van der Waals surface area contributed by atoms with E-state index in [9.17, 15) is 14.7 Å². The lowest BCUT2D eigenvalue weighted by Gasteiger charge is -2.54. The predicted molar refractivity (Wildman–Crippen MR) is 178 cm³/mol. The molecule has 1 unspecified atom stereocenters. The van der Waals surface area contributed by atoms with Crippen LogP contribution in [0.3, 0.4) is 0 Å². The number of hydrogen-bond donors (Lipinski definition) is 0. The second-order valence-electron chi connectivity index (χ2n) is 14.7. The van der Waals surface area contributed by atoms with Crippen molar-refractivity contribution in [3.63, 3.8) is 0 Å². The van der Waals surface area contributed by atoms with Gasteiger partial charge < -0.3 is 19.4 Å². The van der Waals surface area contributed by atoms with E-state index in [1.54, 1.807) is 21.0 Å². The minimum absolute atomic E-state index is 0.115. The molecule has 3 rings (SSSR count). The predicted octanol–water partition coefficient (Wildman–Crippen LogP) is 10.00. The van der Waals surface area contributed by atoms with Gasteiger partial charge >= 0.3 is 5.97 Å². The van der Waals surface area contributed by atoms with E-state index >= 15 is 0 Å². The van der Waals surface area contributed by atoms with Crippen LogP contribution in [0, 0.1) is 23.2 Å². The Kier molecular flexibility index (Phi) is 17.5. The molecule has 3 saturated carbocycles. The summed E-state index contributed by atoms with van der Waals surface area (Å²) in [5.41, 5.74) is 0.0592. The Labute approximate surface area is 270 Å². The smallest absolute Gasteiger partial charge is 0.337 e. The van der Waals surface area contributed by atoms with E-state index in [0.717, 1.165) is 77.0 Å². The third kappa shape index (κ3) is 10.9. The number of carbonyl (C=O) groups excluding carboxylic acids is 2. The van der Waals surface area contributed by atoms with Crippen LogP contribution in [0.2, 0.25) is 0 Å². The van der Waals surface area contributed by atoms with Crippen LogP contribution in [0.4, 0.5) is 0 Å². The lowest BCUT2D eigenvalue weighted by molar-refractivity contribution is -0.299. The first-order valence-corrected chi connectivity index (χ1v) is 19.1. The van der Waals surface area contributed by atoms with Crippen LogP contribution in [0.1, 0.15) is 187 Å². The maximum absolute atomic E-state index is 14.6. The minimum atomic E-state index is -1.22. The molecular weight excluding hydrogens is 548 g/mol. The second kappa shape index (κ2) is 20.7. The average molecular weight is 616 g/mol. The summed E-state index contributed by atoms with van der Waals surface area (Å²) in [5, 5.41) is 13.0. The average Bonchev–Trinajstić information content (AvgIpc) is 3.03. The number of aliphatic carboxylic acids is 1. The summed E-state index contributed by atoms with van der Waals surface area (Å²) in [7, 11) is 1.55. The Hall–Kier alpha value is -1.36. The number of carbonyl (C=O) groups is 2. The first-order chi connectivity index (χ1) is 21.4. The van der Waals surface area contributed by atoms with E-state index in [2.05, 4.69) is 0 Å². The number of ether oxygens (including phenoxy) is 2. The fraction of sp³-hybridized carbons (Fsp3) is 0.897. The lowest BCUT2D eigenvalue weighted by atomic mass is 9.49. The Morgan fingerprint density at radius 2 is 0.841 bits per heavy atom. The highest BCUT2D eigenvalue weighted by atomic mass is 16.7. The van der Waals surface area contributed by atoms with Crippen LogP contribution in [-0.2, 0) is 19.1 Å². The van der Waals surface area contributed by atoms with Crippen LogP contribution in [0.5, 0.6) is 0 Å². The van der Waals surface area contributed by atoms with Gasteiger partial charge in [0.15, 0.2) is 6.29 Å². The number of methoxy groups -OCH3 is 1. The van der Waals surface area contributed by atoms with Gasteiger partial charge in [-0.2, -0.15) is 0 Å². The summed E-state index contributed by atoms with van der Waals surface area (Å²) in [4.78, 5) is 27.6. The lowest BCUT2D eigenvalue weighted by Crippen LogP contribution is -2.50. The first kappa shape index (κ1) is 37.1. The molecule has 3 aliphatic carbocycles. The van der Waals surface area contributed by atoms with Gasteiger partial charge in [0.05, 0.1) is 5.97 Å². The summed E-state index contributed by atoms with van der Waals surface area (Å²) in [5.74, 6) is -0.859. The van der Waals surface area contributed by atoms with Crippen molar-refractivity contribution in [2.75, 3.05) is 7.11 Å². The van der Waals surface area contributed by atoms with Gasteiger partial charge in [0.1, 0.15) is 0 Å². The molecule has 44 heavy (non-hydrogen) atoms. The van der Waals surface area contributed by atoms with Gasteiger partial charge in [-0.3, -0.25) is 0 Å². The Balaban J connectivity index is 2.31. The molecule has 0 radical (unpaired) electrons. The van der Waals surface area contributed by atoms with Gasteiger partial charge in [0.2, 0.25) is 0 Å². The maximum Gasteiger partial charge on any atom is 0.337 e. The molecule has 0 heterocycles. The normalized spacial score (nSPS) is 24.0. The van der Waals surface area contributed by atoms with Crippen molar-refractivity contribution >= 4 is 11.9 Å². The molecule has 0 amide bonds. The van der Waals surface area contributed by atoms with Gasteiger partial charge in [0.25, 0.3) is 0 Å². The Morgan fingerprint density at radius 1 is 0.568 bits per heavy atom. The third-order valence-corrected chi connectivity index (χ3v) is 11.8. The van der Waals surface area contributed by atoms with E-state index in [4.69, 9.17) is 9.47 Å². The van der Waals surface area contributed by atoms with Crippen LogP contribution in [-0.4, -0.2) is 25.3 Å². The fourth-order valence-electron chi connectivity index (χ4n) is 9.49. The maximum atomic E-state index is 14.6. The summed E-state index contributed by atoms with van der Waals surface area (Å²) < 4.78 is 11.4. The van der Waals surface area contributed by atoms with E-state index in [0.29, 0.717) is 5.57 Å². The molecule has 3 fully saturated rings. The highest BCUT2D eigenvalue weighted by Gasteiger charge is 2.54. The highest BCUT2D eigenvalue weighted by molar-refractivity contribution is 5.99. The molecule has 0 aromatic rings. The molecule has 3 aliphatic rings. The largest absolute Gasteiger partial charge is 0.545 e. The summed E-state index contributed by atoms with van der Waals surface area (Å²) >= 11 is 0. The molecule has 0 aromatic heterocycles. The van der Waals surface area contributed by atoms with Gasteiger partial charge in [-0.05, 0) is 75.7 Å². The number of carboxylic acids is 1. The number of rotatable bonds is 8. The number of carboxylic acid groups (broad SMARTS) is 1. The summed E-state index contributed by atoms with van der Waals surface area (Å²) in [6.07, 6.45) is 31.7. The standard InChI is InChI=1S/C39H68O5/c1-31(37(40)41)36(38(42)44-32(2)43-3)39(33-25-19-13-7-4-8-14-20-26-33,34-27-21-15-9-5-10-16-22-28-34)35-29-23-17-11-6-12-18-24-30-35/h32-35H,4-30H2,1-3H3,(H,40,41)/p-1/b36-31-. The Morgan fingerprint density at radius 3 is 1.09 bits per heavy atom. The van der Waals surface area contributed by atoms with Crippen molar-refractivity contribution in [3.05, 3.63) is 11.1 Å². The zero-order chi connectivity index (χ0) is 31.6. The van der Waals surface area contributed by atoms with Crippen molar-refractivity contribution in [3.8, 4) is 0 Å². The van der Waals surface area contributed by atoms with E-state index in [-0.39, 0.29) is 23.3 Å². The molecule has 0 N–H and O–H groups in total. The SMILES string of the molecule is COC(C)OC(=O)/C(=C(\C)C(=O)[O-])C(C1CCCCCCCCC1)(C1CCCCCCCCC1)C1CCCCCCCCC1. The first-order valence-electron chi connectivity index (χ1n) is 19.1. The van der Waals surface area contributed by atoms with Crippen LogP contribution >= 0.6 is 0 Å². The molecule has 0 bridgehead atoms. The van der Waals surface area contributed by atoms with Gasteiger partial charge in [-0.15, -0.1) is 0 Å². The number of esters is 1. The van der Waals surface area contributed by atoms with Crippen molar-refractivity contribution in [1.29, 1.82) is 0 Å². The summed E-state index contributed by atoms with van der Waals surface area (Å²) in [6, 6.07) is 0. The van der Waals surface area contributed by atoms with Crippen molar-refractivity contribution in [2.45, 2.75) is 193 Å². The monoisotopic (exact) mass is 615 g/mol. The fourth-order valence-corrected chi connectivity index (χ4v) is 9.49. The molecule has 1 atom stereocenters.